The molecule has 1 atom stereocenters. The van der Waals surface area contributed by atoms with Crippen LogP contribution in [0.1, 0.15) is 12.5 Å². The smallest absolute Gasteiger partial charge is 0.247 e. The van der Waals surface area contributed by atoms with Gasteiger partial charge in [-0.3, -0.25) is 9.10 Å². The SMILES string of the molecule is Cc1ccc(NC(=O)[C@H](C)N(c2ccc(F)cc2)S(C)(=O)=O)cc1. The van der Waals surface area contributed by atoms with E-state index in [1.165, 1.54) is 19.1 Å². The summed E-state index contributed by atoms with van der Waals surface area (Å²) in [6.07, 6.45) is 1.01. The molecule has 0 saturated carbocycles. The molecule has 7 heteroatoms. The summed E-state index contributed by atoms with van der Waals surface area (Å²) in [7, 11) is -3.72. The van der Waals surface area contributed by atoms with Gasteiger partial charge < -0.3 is 5.32 Å². The lowest BCUT2D eigenvalue weighted by Gasteiger charge is -2.28. The summed E-state index contributed by atoms with van der Waals surface area (Å²) in [6, 6.07) is 11.1. The molecule has 128 valence electrons. The van der Waals surface area contributed by atoms with Crippen molar-refractivity contribution in [1.82, 2.24) is 0 Å². The van der Waals surface area contributed by atoms with E-state index in [9.17, 15) is 17.6 Å². The second-order valence-corrected chi connectivity index (χ2v) is 7.43. The lowest BCUT2D eigenvalue weighted by atomic mass is 10.2. The van der Waals surface area contributed by atoms with Crippen molar-refractivity contribution in [3.8, 4) is 0 Å². The molecule has 0 radical (unpaired) electrons. The minimum absolute atomic E-state index is 0.227. The van der Waals surface area contributed by atoms with Crippen molar-refractivity contribution in [3.05, 3.63) is 59.9 Å². The number of sulfonamides is 1. The molecule has 0 aliphatic rings. The first-order valence-corrected chi connectivity index (χ1v) is 9.16. The average molecular weight is 350 g/mol. The molecule has 0 spiro atoms. The fourth-order valence-corrected chi connectivity index (χ4v) is 3.46. The van der Waals surface area contributed by atoms with Gasteiger partial charge in [0, 0.05) is 5.69 Å². The van der Waals surface area contributed by atoms with Crippen molar-refractivity contribution in [2.45, 2.75) is 19.9 Å². The number of nitrogens with one attached hydrogen (secondary N) is 1. The summed E-state index contributed by atoms with van der Waals surface area (Å²) >= 11 is 0. The fourth-order valence-electron chi connectivity index (χ4n) is 2.28. The highest BCUT2D eigenvalue weighted by molar-refractivity contribution is 7.92. The van der Waals surface area contributed by atoms with E-state index in [4.69, 9.17) is 0 Å². The van der Waals surface area contributed by atoms with Crippen LogP contribution in [-0.4, -0.2) is 26.6 Å². The number of hydrogen-bond donors (Lipinski definition) is 1. The van der Waals surface area contributed by atoms with E-state index in [-0.39, 0.29) is 5.69 Å². The van der Waals surface area contributed by atoms with Crippen molar-refractivity contribution < 1.29 is 17.6 Å². The number of anilines is 2. The molecule has 2 aromatic carbocycles. The normalized spacial score (nSPS) is 12.5. The molecule has 0 fully saturated rings. The first-order valence-electron chi connectivity index (χ1n) is 7.31. The average Bonchev–Trinajstić information content (AvgIpc) is 2.50. The van der Waals surface area contributed by atoms with Gasteiger partial charge in [-0.15, -0.1) is 0 Å². The number of rotatable bonds is 5. The number of halogens is 1. The van der Waals surface area contributed by atoms with Gasteiger partial charge in [0.15, 0.2) is 0 Å². The Morgan fingerprint density at radius 2 is 1.62 bits per heavy atom. The number of benzene rings is 2. The first-order chi connectivity index (χ1) is 11.2. The largest absolute Gasteiger partial charge is 0.324 e. The summed E-state index contributed by atoms with van der Waals surface area (Å²) in [5.74, 6) is -0.961. The molecule has 0 aromatic heterocycles. The van der Waals surface area contributed by atoms with Crippen LogP contribution in [0.25, 0.3) is 0 Å². The molecule has 0 heterocycles. The van der Waals surface area contributed by atoms with Gasteiger partial charge in [-0.2, -0.15) is 0 Å². The second-order valence-electron chi connectivity index (χ2n) is 5.57. The Morgan fingerprint density at radius 3 is 2.12 bits per heavy atom. The van der Waals surface area contributed by atoms with Crippen molar-refractivity contribution in [2.24, 2.45) is 0 Å². The molecule has 2 aromatic rings. The zero-order chi connectivity index (χ0) is 17.9. The maximum Gasteiger partial charge on any atom is 0.247 e. The predicted molar refractivity (Wildman–Crippen MR) is 93.0 cm³/mol. The Bertz CT molecular complexity index is 818. The van der Waals surface area contributed by atoms with E-state index in [0.29, 0.717) is 5.69 Å². The fraction of sp³-hybridized carbons (Fsp3) is 0.235. The van der Waals surface area contributed by atoms with Crippen LogP contribution < -0.4 is 9.62 Å². The molecule has 2 rings (SSSR count). The molecule has 0 aliphatic heterocycles. The quantitative estimate of drug-likeness (QED) is 0.902. The van der Waals surface area contributed by atoms with Crippen LogP contribution in [0.2, 0.25) is 0 Å². The summed E-state index contributed by atoms with van der Waals surface area (Å²) < 4.78 is 38.3. The highest BCUT2D eigenvalue weighted by atomic mass is 32.2. The maximum absolute atomic E-state index is 13.1. The molecule has 0 unspecified atom stereocenters. The van der Waals surface area contributed by atoms with E-state index >= 15 is 0 Å². The number of hydrogen-bond acceptors (Lipinski definition) is 3. The van der Waals surface area contributed by atoms with Crippen molar-refractivity contribution in [2.75, 3.05) is 15.9 Å². The Labute approximate surface area is 141 Å². The third kappa shape index (κ3) is 4.32. The third-order valence-electron chi connectivity index (χ3n) is 3.49. The van der Waals surface area contributed by atoms with Gasteiger partial charge in [-0.25, -0.2) is 12.8 Å². The van der Waals surface area contributed by atoms with Crippen LogP contribution in [-0.2, 0) is 14.8 Å². The van der Waals surface area contributed by atoms with E-state index in [2.05, 4.69) is 5.32 Å². The molecule has 0 bridgehead atoms. The lowest BCUT2D eigenvalue weighted by molar-refractivity contribution is -0.116. The molecular formula is C17H19FN2O3S. The predicted octanol–water partition coefficient (Wildman–Crippen LogP) is 2.93. The highest BCUT2D eigenvalue weighted by Crippen LogP contribution is 2.22. The standard InChI is InChI=1S/C17H19FN2O3S/c1-12-4-8-15(9-5-12)19-17(21)13(2)20(24(3,22)23)16-10-6-14(18)7-11-16/h4-11,13H,1-3H3,(H,19,21)/t13-/m0/s1. The van der Waals surface area contributed by atoms with Crippen molar-refractivity contribution in [1.29, 1.82) is 0 Å². The van der Waals surface area contributed by atoms with Crippen LogP contribution in [0.5, 0.6) is 0 Å². The van der Waals surface area contributed by atoms with Gasteiger partial charge in [-0.1, -0.05) is 17.7 Å². The Kier molecular flexibility index (Phi) is 5.23. The molecule has 1 N–H and O–H groups in total. The van der Waals surface area contributed by atoms with Gasteiger partial charge in [0.1, 0.15) is 11.9 Å². The molecular weight excluding hydrogens is 331 g/mol. The van der Waals surface area contributed by atoms with Gasteiger partial charge in [0.2, 0.25) is 15.9 Å². The molecule has 0 aliphatic carbocycles. The first kappa shape index (κ1) is 17.9. The molecule has 1 amide bonds. The summed E-state index contributed by atoms with van der Waals surface area (Å²) in [4.78, 5) is 12.4. The number of aryl methyl sites for hydroxylation is 1. The van der Waals surface area contributed by atoms with Crippen LogP contribution in [0.15, 0.2) is 48.5 Å². The maximum atomic E-state index is 13.1. The van der Waals surface area contributed by atoms with E-state index in [1.54, 1.807) is 12.1 Å². The molecule has 24 heavy (non-hydrogen) atoms. The van der Waals surface area contributed by atoms with E-state index in [0.717, 1.165) is 28.3 Å². The number of carbonyl (C=O) groups is 1. The number of amides is 1. The van der Waals surface area contributed by atoms with Crippen molar-refractivity contribution >= 4 is 27.3 Å². The topological polar surface area (TPSA) is 66.5 Å². The number of carbonyl (C=O) groups excluding carboxylic acids is 1. The Hall–Kier alpha value is -2.41. The third-order valence-corrected chi connectivity index (χ3v) is 4.73. The highest BCUT2D eigenvalue weighted by Gasteiger charge is 2.29. The number of nitrogens with zero attached hydrogens (tertiary/aromatic N) is 1. The zero-order valence-corrected chi connectivity index (χ0v) is 14.5. The lowest BCUT2D eigenvalue weighted by Crippen LogP contribution is -2.45. The van der Waals surface area contributed by atoms with Crippen LogP contribution in [0.4, 0.5) is 15.8 Å². The second kappa shape index (κ2) is 7.00. The Balaban J connectivity index is 2.27. The Morgan fingerprint density at radius 1 is 1.08 bits per heavy atom. The van der Waals surface area contributed by atoms with Gasteiger partial charge in [-0.05, 0) is 50.2 Å². The van der Waals surface area contributed by atoms with Crippen LogP contribution in [0, 0.1) is 12.7 Å². The van der Waals surface area contributed by atoms with Crippen molar-refractivity contribution in [3.63, 3.8) is 0 Å². The molecule has 5 nitrogen and oxygen atoms in total. The van der Waals surface area contributed by atoms with Crippen LogP contribution in [0.3, 0.4) is 0 Å². The van der Waals surface area contributed by atoms with E-state index in [1.807, 2.05) is 19.1 Å². The zero-order valence-electron chi connectivity index (χ0n) is 13.7. The van der Waals surface area contributed by atoms with Gasteiger partial charge >= 0.3 is 0 Å². The monoisotopic (exact) mass is 350 g/mol. The summed E-state index contributed by atoms with van der Waals surface area (Å²) in [5.41, 5.74) is 1.85. The van der Waals surface area contributed by atoms with Gasteiger partial charge in [0.25, 0.3) is 0 Å². The minimum atomic E-state index is -3.72. The van der Waals surface area contributed by atoms with Crippen LogP contribution >= 0.6 is 0 Å². The summed E-state index contributed by atoms with van der Waals surface area (Å²) in [5, 5.41) is 2.68. The van der Waals surface area contributed by atoms with E-state index < -0.39 is 27.8 Å². The minimum Gasteiger partial charge on any atom is -0.324 e. The van der Waals surface area contributed by atoms with Gasteiger partial charge in [0.05, 0.1) is 11.9 Å². The summed E-state index contributed by atoms with van der Waals surface area (Å²) in [6.45, 7) is 3.40. The molecule has 0 saturated heterocycles.